The Morgan fingerprint density at radius 3 is 1.45 bits per heavy atom. The third-order valence-electron chi connectivity index (χ3n) is 21.9. The highest BCUT2D eigenvalue weighted by Crippen LogP contribution is 2.68. The van der Waals surface area contributed by atoms with E-state index in [1.807, 2.05) is 0 Å². The zero-order valence-corrected chi connectivity index (χ0v) is 58.8. The van der Waals surface area contributed by atoms with Gasteiger partial charge in [-0.15, -0.1) is 0 Å². The number of unbranched alkanes of at least 4 members (excludes halogenated alkanes) is 2. The molecule has 4 unspecified atom stereocenters. The fourth-order valence-corrected chi connectivity index (χ4v) is 16.9. The molecule has 0 radical (unpaired) electrons. The molecule has 5 rings (SSSR count). The summed E-state index contributed by atoms with van der Waals surface area (Å²) in [6.45, 7) is -2.90. The van der Waals surface area contributed by atoms with Gasteiger partial charge in [0.15, 0.2) is 6.40 Å². The maximum Gasteiger partial charge on any atom is 0.410 e. The van der Waals surface area contributed by atoms with Crippen LogP contribution in [0.25, 0.3) is 0 Å². The van der Waals surface area contributed by atoms with Crippen molar-refractivity contribution in [3.63, 3.8) is 0 Å². The van der Waals surface area contributed by atoms with Crippen molar-refractivity contribution in [3.8, 4) is 0 Å². The number of ether oxygens (including phenoxy) is 3. The lowest BCUT2D eigenvalue weighted by atomic mass is 9.43. The van der Waals surface area contributed by atoms with Gasteiger partial charge in [-0.25, -0.2) is 4.79 Å². The van der Waals surface area contributed by atoms with Crippen molar-refractivity contribution < 1.29 is 133 Å². The first-order valence-electron chi connectivity index (χ1n) is 35.3. The molecule has 2 N–H and O–H groups in total. The molecule has 5 aliphatic rings. The molecular weight excluding hydrogens is 1360 g/mol. The van der Waals surface area contributed by atoms with Crippen LogP contribution in [0.15, 0.2) is 4.99 Å². The molecule has 1 aliphatic heterocycles. The van der Waals surface area contributed by atoms with Gasteiger partial charge < -0.3 is 133 Å². The number of carbonyl (C=O) groups is 12. The van der Waals surface area contributed by atoms with Crippen LogP contribution in [-0.2, 0) is 67.0 Å². The molecular formula is C67H98N9O27-11. The van der Waals surface area contributed by atoms with Crippen LogP contribution in [0.4, 0.5) is 4.79 Å². The van der Waals surface area contributed by atoms with Crippen molar-refractivity contribution in [2.24, 2.45) is 51.3 Å². The molecule has 584 valence electrons. The number of rotatable bonds is 52. The third-order valence-corrected chi connectivity index (χ3v) is 21.9. The molecule has 103 heavy (non-hydrogen) atoms. The van der Waals surface area contributed by atoms with Crippen molar-refractivity contribution in [2.75, 3.05) is 138 Å². The first-order chi connectivity index (χ1) is 48.6. The van der Waals surface area contributed by atoms with Crippen LogP contribution in [0.1, 0.15) is 124 Å². The van der Waals surface area contributed by atoms with E-state index in [-0.39, 0.29) is 164 Å². The van der Waals surface area contributed by atoms with E-state index in [0.717, 1.165) is 58.1 Å². The topological polar surface area (TPSA) is 553 Å². The van der Waals surface area contributed by atoms with Crippen LogP contribution in [0.2, 0.25) is 0 Å². The van der Waals surface area contributed by atoms with Crippen LogP contribution in [0.5, 0.6) is 0 Å². The van der Waals surface area contributed by atoms with Gasteiger partial charge in [0.1, 0.15) is 18.3 Å². The van der Waals surface area contributed by atoms with Crippen molar-refractivity contribution in [1.29, 1.82) is 0 Å². The fraction of sp³-hybridized carbons (Fsp3) is 0.806. The van der Waals surface area contributed by atoms with Gasteiger partial charge >= 0.3 is 6.09 Å². The Hall–Kier alpha value is -7.45. The van der Waals surface area contributed by atoms with E-state index in [2.05, 4.69) is 31.1 Å². The number of likely N-dealkylation sites (tertiary alicyclic amines) is 1. The molecule has 36 heteroatoms. The van der Waals surface area contributed by atoms with Gasteiger partial charge in [-0.2, -0.15) is 0 Å². The zero-order chi connectivity index (χ0) is 76.3. The number of aliphatic hydroxyl groups is 1. The first kappa shape index (κ1) is 86.2. The smallest absolute Gasteiger partial charge is 0.410 e. The molecule has 1 heterocycles. The van der Waals surface area contributed by atoms with Crippen LogP contribution in [-0.4, -0.2) is 292 Å². The molecule has 0 bridgehead atoms. The predicted molar refractivity (Wildman–Crippen MR) is 332 cm³/mol. The molecule has 14 atom stereocenters. The lowest BCUT2D eigenvalue weighted by molar-refractivity contribution is -0.314. The normalized spacial score (nSPS) is 25.5. The number of fused-ring (bicyclic) bond motifs is 5. The summed E-state index contributed by atoms with van der Waals surface area (Å²) in [5, 5.41) is 143. The number of nitrogens with zero attached hydrogens (tertiary/aromatic N) is 8. The number of aliphatic carboxylic acids is 11. The van der Waals surface area contributed by atoms with Crippen molar-refractivity contribution in [3.05, 3.63) is 0 Å². The van der Waals surface area contributed by atoms with Crippen molar-refractivity contribution in [2.45, 2.75) is 160 Å². The Kier molecular flexibility index (Phi) is 35.1. The largest absolute Gasteiger partial charge is 0.550 e. The summed E-state index contributed by atoms with van der Waals surface area (Å²) < 4.78 is 18.6. The van der Waals surface area contributed by atoms with E-state index < -0.39 is 161 Å². The maximum atomic E-state index is 14.2. The molecule has 1 amide bonds. The van der Waals surface area contributed by atoms with Crippen LogP contribution < -0.4 is 61.5 Å². The third kappa shape index (κ3) is 27.5. The molecule has 0 aromatic rings. The highest BCUT2D eigenvalue weighted by molar-refractivity contribution is 5.74. The number of nitrogens with one attached hydrogen (secondary N) is 1. The van der Waals surface area contributed by atoms with Crippen LogP contribution in [0.3, 0.4) is 0 Å². The SMILES string of the molecule is C[C@H](CCC(=O)[O-])[C@H]1CCC2C3CC[C@@H]4C[C@H](OC(=O)N5CC(OCNCCCC[C@@H](C(=O)[O-])N(CCN(CC(=O)[O-])CC(=O)[O-])CCN(CC(=O)[O-])CC(=O)[O-])[C@H](OC=NCCCC[C@@H](C(=O)[O-])N(CCN(CC(=O)[O-])CC(=O)[O-])CCN(CC(=O)[O-])CC(=O)[O-])C5)CC[C@]4(C)C3C[C@H](O)[C@@]21C. The van der Waals surface area contributed by atoms with Gasteiger partial charge in [-0.05, 0) is 149 Å². The van der Waals surface area contributed by atoms with Crippen molar-refractivity contribution >= 4 is 78.2 Å². The maximum absolute atomic E-state index is 14.2. The van der Waals surface area contributed by atoms with Gasteiger partial charge in [0, 0.05) is 129 Å². The molecule has 0 aromatic carbocycles. The Labute approximate surface area is 597 Å². The molecule has 1 saturated heterocycles. The monoisotopic (exact) mass is 1460 g/mol. The predicted octanol–water partition coefficient (Wildman–Crippen LogP) is -13.7. The Morgan fingerprint density at radius 2 is 1.00 bits per heavy atom. The minimum Gasteiger partial charge on any atom is -0.550 e. The standard InChI is InChI=1S/C67H109N9O27/c1-42(10-15-54(78)79)46-13-14-47-45-12-11-43-28-44(16-17-66(43,2)48(45)29-53(77)67(46,47)3)103-65(100)76-30-51(101-40-68-18-6-4-8-49(63(96)97)74(24-20-70(32-55(80)81)33-56(82)83)25-21-71(34-57(84)85)35-58(86)87)52(31-76)102-41-69-19-7-5-9-50(64(98)99)75(26-22-72(36-59(88)89)37-60(90)91)27-23-73(38-61(92)93)39-62(94)95/h40,42-53,69,77H,4-39,41H2,1-3H3,(H,78,79)(H,80,81)(H,82,83)(H,84,85)(H,86,87)(H,88,89)(H,90,91)(H,92,93)(H,94,95)(H,96,97)(H,98,99)/p-11/t42-,43-,44-,45?,46-,47?,48?,49+,50+,51-,52?,53+,66+,67-/m1/s1. The van der Waals surface area contributed by atoms with E-state index in [1.165, 1.54) is 14.7 Å². The van der Waals surface area contributed by atoms with Gasteiger partial charge in [0.2, 0.25) is 0 Å². The van der Waals surface area contributed by atoms with E-state index in [4.69, 9.17) is 14.2 Å². The lowest BCUT2D eigenvalue weighted by Crippen LogP contribution is -2.59. The summed E-state index contributed by atoms with van der Waals surface area (Å²) in [5.41, 5.74) is -0.463. The number of amides is 1. The second-order valence-electron chi connectivity index (χ2n) is 28.6. The van der Waals surface area contributed by atoms with Gasteiger partial charge in [-0.3, -0.25) is 39.7 Å². The van der Waals surface area contributed by atoms with E-state index in [9.17, 15) is 119 Å². The number of carboxylic acids is 11. The van der Waals surface area contributed by atoms with Gasteiger partial charge in [-0.1, -0.05) is 27.2 Å². The second-order valence-corrected chi connectivity index (χ2v) is 28.6. The summed E-state index contributed by atoms with van der Waals surface area (Å²) in [5.74, 6) is -16.0. The number of hydrogen-bond donors (Lipinski definition) is 2. The lowest BCUT2D eigenvalue weighted by Gasteiger charge is -2.62. The van der Waals surface area contributed by atoms with Gasteiger partial charge in [0.25, 0.3) is 0 Å². The fourth-order valence-electron chi connectivity index (χ4n) is 16.9. The Morgan fingerprint density at radius 1 is 0.544 bits per heavy atom. The minimum absolute atomic E-state index is 0.00516. The molecule has 5 fully saturated rings. The van der Waals surface area contributed by atoms with Crippen molar-refractivity contribution in [1.82, 2.24) is 39.6 Å². The van der Waals surface area contributed by atoms with Crippen LogP contribution >= 0.6 is 0 Å². The quantitative estimate of drug-likeness (QED) is 0.0247. The summed E-state index contributed by atoms with van der Waals surface area (Å²) in [4.78, 5) is 154. The number of carbonyl (C=O) groups excluding carboxylic acids is 12. The summed E-state index contributed by atoms with van der Waals surface area (Å²) in [7, 11) is 0. The summed E-state index contributed by atoms with van der Waals surface area (Å²) >= 11 is 0. The molecule has 4 aliphatic carbocycles. The summed E-state index contributed by atoms with van der Waals surface area (Å²) in [6.07, 6.45) is 5.40. The highest BCUT2D eigenvalue weighted by atomic mass is 16.6. The number of hydrogen-bond acceptors (Lipinski definition) is 35. The molecule has 36 nitrogen and oxygen atoms in total. The van der Waals surface area contributed by atoms with E-state index in [0.29, 0.717) is 38.0 Å². The number of aliphatic hydroxyl groups excluding tert-OH is 1. The second kappa shape index (κ2) is 41.9. The zero-order valence-electron chi connectivity index (χ0n) is 58.8. The minimum atomic E-state index is -1.65. The van der Waals surface area contributed by atoms with E-state index in [1.54, 1.807) is 0 Å². The average Bonchev–Trinajstić information content (AvgIpc) is 1.66. The Balaban J connectivity index is 1.25. The van der Waals surface area contributed by atoms with E-state index >= 15 is 0 Å². The number of carboxylic acid groups (broad SMARTS) is 11. The summed E-state index contributed by atoms with van der Waals surface area (Å²) in [6, 6.07) is -2.87. The Bertz CT molecular complexity index is 2750. The number of aliphatic imine (C=N–C) groups is 1. The van der Waals surface area contributed by atoms with Gasteiger partial charge in [0.05, 0.1) is 85.6 Å². The molecule has 4 saturated carbocycles. The first-order valence-corrected chi connectivity index (χ1v) is 35.3. The average molecular weight is 1460 g/mol. The highest BCUT2D eigenvalue weighted by Gasteiger charge is 2.64. The molecule has 0 spiro atoms. The van der Waals surface area contributed by atoms with Crippen LogP contribution in [0, 0.1) is 46.3 Å². The molecule has 0 aromatic heterocycles.